The van der Waals surface area contributed by atoms with Crippen LogP contribution < -0.4 is 10.1 Å². The zero-order valence-corrected chi connectivity index (χ0v) is 17.2. The van der Waals surface area contributed by atoms with Crippen molar-refractivity contribution in [3.63, 3.8) is 0 Å². The van der Waals surface area contributed by atoms with E-state index in [-0.39, 0.29) is 11.8 Å². The molecule has 28 heavy (non-hydrogen) atoms. The van der Waals surface area contributed by atoms with Gasteiger partial charge in [-0.05, 0) is 61.7 Å². The van der Waals surface area contributed by atoms with Crippen LogP contribution in [-0.4, -0.2) is 56.8 Å². The van der Waals surface area contributed by atoms with E-state index >= 15 is 0 Å². The third-order valence-corrected chi connectivity index (χ3v) is 5.45. The average Bonchev–Trinajstić information content (AvgIpc) is 2.93. The van der Waals surface area contributed by atoms with Crippen molar-refractivity contribution < 1.29 is 14.3 Å². The molecule has 1 aliphatic rings. The fourth-order valence-corrected chi connectivity index (χ4v) is 3.74. The summed E-state index contributed by atoms with van der Waals surface area (Å²) in [6.45, 7) is 8.71. The van der Waals surface area contributed by atoms with Crippen LogP contribution in [0.2, 0.25) is 0 Å². The molecule has 1 amide bonds. The summed E-state index contributed by atoms with van der Waals surface area (Å²) in [6.07, 6.45) is 2.34. The van der Waals surface area contributed by atoms with E-state index in [0.717, 1.165) is 61.2 Å². The second-order valence-corrected chi connectivity index (χ2v) is 7.67. The molecule has 1 N–H and O–H groups in total. The maximum atomic E-state index is 12.6. The number of hydrogen-bond donors (Lipinski definition) is 1. The zero-order valence-electron chi connectivity index (χ0n) is 17.2. The number of ether oxygens (including phenoxy) is 2. The van der Waals surface area contributed by atoms with Crippen molar-refractivity contribution in [1.82, 2.24) is 10.2 Å². The van der Waals surface area contributed by atoms with Crippen molar-refractivity contribution >= 4 is 16.7 Å². The molecule has 1 fully saturated rings. The van der Waals surface area contributed by atoms with E-state index in [1.54, 1.807) is 7.11 Å². The molecule has 1 saturated heterocycles. The summed E-state index contributed by atoms with van der Waals surface area (Å²) in [5.74, 6) is 0.759. The van der Waals surface area contributed by atoms with Gasteiger partial charge < -0.3 is 19.7 Å². The summed E-state index contributed by atoms with van der Waals surface area (Å²) in [4.78, 5) is 15.0. The molecule has 2 aromatic carbocycles. The van der Waals surface area contributed by atoms with Crippen LogP contribution in [0.25, 0.3) is 10.8 Å². The SMILES string of the molecule is COc1ccc2cc([C@H](C)C(=O)NCCCN3CCCO[C@H](C)C3)ccc2c1. The van der Waals surface area contributed by atoms with Crippen LogP contribution in [0.4, 0.5) is 0 Å². The van der Waals surface area contributed by atoms with Crippen LogP contribution in [0.1, 0.15) is 38.2 Å². The molecule has 2 aromatic rings. The van der Waals surface area contributed by atoms with Crippen molar-refractivity contribution in [2.75, 3.05) is 39.9 Å². The second kappa shape index (κ2) is 9.89. The van der Waals surface area contributed by atoms with Crippen LogP contribution >= 0.6 is 0 Å². The minimum absolute atomic E-state index is 0.0837. The molecule has 5 heteroatoms. The van der Waals surface area contributed by atoms with Crippen molar-refractivity contribution in [2.45, 2.75) is 38.7 Å². The van der Waals surface area contributed by atoms with Crippen LogP contribution in [0.5, 0.6) is 5.75 Å². The Kier molecular flexibility index (Phi) is 7.29. The number of nitrogens with one attached hydrogen (secondary N) is 1. The standard InChI is InChI=1S/C23H32N2O3/c1-17-16-25(12-5-13-28-17)11-4-10-24-23(26)18(2)19-6-7-21-15-22(27-3)9-8-20(21)14-19/h6-9,14-15,17-18H,4-5,10-13,16H2,1-3H3,(H,24,26)/t17-,18+/m1/s1. The van der Waals surface area contributed by atoms with Gasteiger partial charge in [0.05, 0.1) is 19.1 Å². The highest BCUT2D eigenvalue weighted by molar-refractivity contribution is 5.88. The van der Waals surface area contributed by atoms with Crippen LogP contribution in [0.15, 0.2) is 36.4 Å². The van der Waals surface area contributed by atoms with Gasteiger partial charge in [0.15, 0.2) is 0 Å². The molecule has 0 bridgehead atoms. The Balaban J connectivity index is 1.49. The summed E-state index contributed by atoms with van der Waals surface area (Å²) in [7, 11) is 1.67. The molecule has 0 aliphatic carbocycles. The van der Waals surface area contributed by atoms with Gasteiger partial charge in [-0.3, -0.25) is 4.79 Å². The summed E-state index contributed by atoms with van der Waals surface area (Å²) in [5.41, 5.74) is 1.04. The maximum Gasteiger partial charge on any atom is 0.227 e. The van der Waals surface area contributed by atoms with E-state index in [2.05, 4.69) is 29.3 Å². The van der Waals surface area contributed by atoms with Gasteiger partial charge in [0.2, 0.25) is 5.91 Å². The minimum Gasteiger partial charge on any atom is -0.497 e. The molecule has 1 heterocycles. The highest BCUT2D eigenvalue weighted by atomic mass is 16.5. The highest BCUT2D eigenvalue weighted by Gasteiger charge is 2.17. The number of hydrogen-bond acceptors (Lipinski definition) is 4. The van der Waals surface area contributed by atoms with Gasteiger partial charge in [-0.1, -0.05) is 24.3 Å². The molecule has 0 spiro atoms. The summed E-state index contributed by atoms with van der Waals surface area (Å²) in [5, 5.41) is 5.33. The molecular formula is C23H32N2O3. The molecular weight excluding hydrogens is 352 g/mol. The predicted octanol–water partition coefficient (Wildman–Crippen LogP) is 3.57. The highest BCUT2D eigenvalue weighted by Crippen LogP contribution is 2.25. The Labute approximate surface area is 168 Å². The molecule has 3 rings (SSSR count). The average molecular weight is 385 g/mol. The minimum atomic E-state index is -0.168. The van der Waals surface area contributed by atoms with Gasteiger partial charge in [0, 0.05) is 26.2 Å². The number of methoxy groups -OCH3 is 1. The number of benzene rings is 2. The second-order valence-electron chi connectivity index (χ2n) is 7.67. The summed E-state index contributed by atoms with van der Waals surface area (Å²) in [6, 6.07) is 12.2. The van der Waals surface area contributed by atoms with E-state index in [4.69, 9.17) is 9.47 Å². The lowest BCUT2D eigenvalue weighted by atomic mass is 9.97. The fraction of sp³-hybridized carbons (Fsp3) is 0.522. The molecule has 5 nitrogen and oxygen atoms in total. The van der Waals surface area contributed by atoms with Crippen LogP contribution in [-0.2, 0) is 9.53 Å². The van der Waals surface area contributed by atoms with Crippen molar-refractivity contribution in [2.24, 2.45) is 0 Å². The number of fused-ring (bicyclic) bond motifs is 1. The Morgan fingerprint density at radius 2 is 2.07 bits per heavy atom. The lowest BCUT2D eigenvalue weighted by molar-refractivity contribution is -0.122. The van der Waals surface area contributed by atoms with Crippen LogP contribution in [0.3, 0.4) is 0 Å². The monoisotopic (exact) mass is 384 g/mol. The molecule has 0 radical (unpaired) electrons. The van der Waals surface area contributed by atoms with Gasteiger partial charge in [-0.25, -0.2) is 0 Å². The predicted molar refractivity (Wildman–Crippen MR) is 113 cm³/mol. The molecule has 0 aromatic heterocycles. The first-order valence-corrected chi connectivity index (χ1v) is 10.3. The number of nitrogens with zero attached hydrogens (tertiary/aromatic N) is 1. The smallest absolute Gasteiger partial charge is 0.227 e. The van der Waals surface area contributed by atoms with Crippen molar-refractivity contribution in [3.05, 3.63) is 42.0 Å². The molecule has 152 valence electrons. The first-order chi connectivity index (χ1) is 13.6. The number of amides is 1. The van der Waals surface area contributed by atoms with Crippen molar-refractivity contribution in [1.29, 1.82) is 0 Å². The lowest BCUT2D eigenvalue weighted by Gasteiger charge is -2.21. The van der Waals surface area contributed by atoms with Gasteiger partial charge in [-0.2, -0.15) is 0 Å². The summed E-state index contributed by atoms with van der Waals surface area (Å²) < 4.78 is 11.0. The third kappa shape index (κ3) is 5.46. The third-order valence-electron chi connectivity index (χ3n) is 5.45. The van der Waals surface area contributed by atoms with Gasteiger partial charge in [0.25, 0.3) is 0 Å². The number of carbonyl (C=O) groups excluding carboxylic acids is 1. The first kappa shape index (κ1) is 20.6. The van der Waals surface area contributed by atoms with E-state index in [9.17, 15) is 4.79 Å². The van der Waals surface area contributed by atoms with E-state index < -0.39 is 0 Å². The van der Waals surface area contributed by atoms with Gasteiger partial charge in [-0.15, -0.1) is 0 Å². The molecule has 2 atom stereocenters. The Morgan fingerprint density at radius 1 is 1.29 bits per heavy atom. The lowest BCUT2D eigenvalue weighted by Crippen LogP contribution is -2.34. The number of carbonyl (C=O) groups is 1. The molecule has 1 aliphatic heterocycles. The van der Waals surface area contributed by atoms with Gasteiger partial charge in [0.1, 0.15) is 5.75 Å². The van der Waals surface area contributed by atoms with E-state index in [1.807, 2.05) is 31.2 Å². The first-order valence-electron chi connectivity index (χ1n) is 10.3. The summed E-state index contributed by atoms with van der Waals surface area (Å²) >= 11 is 0. The molecule has 0 unspecified atom stereocenters. The zero-order chi connectivity index (χ0) is 19.9. The Hall–Kier alpha value is -2.11. The number of rotatable bonds is 7. The van der Waals surface area contributed by atoms with Gasteiger partial charge >= 0.3 is 0 Å². The van der Waals surface area contributed by atoms with Crippen LogP contribution in [0, 0.1) is 0 Å². The fourth-order valence-electron chi connectivity index (χ4n) is 3.74. The largest absolute Gasteiger partial charge is 0.497 e. The normalized spacial score (nSPS) is 19.2. The Morgan fingerprint density at radius 3 is 2.89 bits per heavy atom. The van der Waals surface area contributed by atoms with E-state index in [1.165, 1.54) is 0 Å². The van der Waals surface area contributed by atoms with E-state index in [0.29, 0.717) is 12.6 Å². The quantitative estimate of drug-likeness (QED) is 0.742. The van der Waals surface area contributed by atoms with Crippen molar-refractivity contribution in [3.8, 4) is 5.75 Å². The maximum absolute atomic E-state index is 12.6. The topological polar surface area (TPSA) is 50.8 Å². The molecule has 0 saturated carbocycles. The Bertz CT molecular complexity index is 793.